The molecule has 3 aromatic rings. The smallest absolute Gasteiger partial charge is 0.238 e. The summed E-state index contributed by atoms with van der Waals surface area (Å²) in [5.41, 5.74) is 6.52. The van der Waals surface area contributed by atoms with Gasteiger partial charge in [-0.1, -0.05) is 56.0 Å². The van der Waals surface area contributed by atoms with Gasteiger partial charge in [0.1, 0.15) is 10.8 Å². The van der Waals surface area contributed by atoms with E-state index in [2.05, 4.69) is 48.8 Å². The van der Waals surface area contributed by atoms with Crippen molar-refractivity contribution in [2.45, 2.75) is 62.8 Å². The van der Waals surface area contributed by atoms with Crippen LogP contribution in [0.15, 0.2) is 23.4 Å². The molecule has 0 aliphatic rings. The van der Waals surface area contributed by atoms with Crippen LogP contribution in [0.3, 0.4) is 0 Å². The lowest BCUT2D eigenvalue weighted by atomic mass is 10.2. The Morgan fingerprint density at radius 2 is 1.91 bits per heavy atom. The van der Waals surface area contributed by atoms with E-state index in [0.29, 0.717) is 33.1 Å². The number of fused-ring (bicyclic) bond motifs is 1. The van der Waals surface area contributed by atoms with Crippen molar-refractivity contribution >= 4 is 46.9 Å². The van der Waals surface area contributed by atoms with Crippen molar-refractivity contribution in [3.8, 4) is 5.88 Å². The number of hydrogen-bond acceptors (Lipinski definition) is 8. The molecule has 1 atom stereocenters. The first kappa shape index (κ1) is 24.8. The summed E-state index contributed by atoms with van der Waals surface area (Å²) in [6, 6.07) is 4.09. The van der Waals surface area contributed by atoms with Crippen LogP contribution >= 0.6 is 23.1 Å². The SMILES string of the molecule is C[C@@H](CO[Si](C)(C)C(C)(C)C)Oc1nc(SCc2cccc(F)c2F)nc2nc(N)sc12. The standard InChI is InChI=1S/C21H28F2N4O2S2Si/c1-12(10-28-32(5,6)21(2,3)4)29-18-16-17(25-19(24)31-16)26-20(27-18)30-11-13-8-7-9-14(22)15(13)23/h7-9,12H,10-11H2,1-6H3,(H2,24,25,26,27)/t12-/m0/s1. The summed E-state index contributed by atoms with van der Waals surface area (Å²) in [5.74, 6) is -1.23. The van der Waals surface area contributed by atoms with E-state index in [1.165, 1.54) is 35.2 Å². The number of nitrogens with two attached hydrogens (primary N) is 1. The molecule has 0 aliphatic carbocycles. The number of benzene rings is 1. The zero-order valence-electron chi connectivity index (χ0n) is 19.0. The molecular formula is C21H28F2N4O2S2Si. The molecule has 11 heteroatoms. The van der Waals surface area contributed by atoms with Gasteiger partial charge >= 0.3 is 0 Å². The molecular weight excluding hydrogens is 470 g/mol. The Kier molecular flexibility index (Phi) is 7.43. The summed E-state index contributed by atoms with van der Waals surface area (Å²) in [4.78, 5) is 13.1. The second kappa shape index (κ2) is 9.58. The number of aromatic nitrogens is 3. The Morgan fingerprint density at radius 1 is 1.19 bits per heavy atom. The van der Waals surface area contributed by atoms with E-state index in [4.69, 9.17) is 14.9 Å². The topological polar surface area (TPSA) is 83.2 Å². The predicted molar refractivity (Wildman–Crippen MR) is 129 cm³/mol. The first-order valence-electron chi connectivity index (χ1n) is 10.2. The summed E-state index contributed by atoms with van der Waals surface area (Å²) in [7, 11) is -1.92. The van der Waals surface area contributed by atoms with Crippen LogP contribution in [-0.2, 0) is 10.2 Å². The molecule has 2 heterocycles. The van der Waals surface area contributed by atoms with Crippen LogP contribution in [0, 0.1) is 11.6 Å². The number of halogens is 2. The lowest BCUT2D eigenvalue weighted by Gasteiger charge is -2.36. The fourth-order valence-electron chi connectivity index (χ4n) is 2.51. The van der Waals surface area contributed by atoms with Crippen molar-refractivity contribution in [3.63, 3.8) is 0 Å². The van der Waals surface area contributed by atoms with Crippen molar-refractivity contribution in [1.82, 2.24) is 15.0 Å². The van der Waals surface area contributed by atoms with Crippen LogP contribution in [0.1, 0.15) is 33.3 Å². The lowest BCUT2D eigenvalue weighted by molar-refractivity contribution is 0.130. The van der Waals surface area contributed by atoms with E-state index < -0.39 is 20.0 Å². The minimum absolute atomic E-state index is 0.0943. The molecule has 0 saturated heterocycles. The molecule has 0 unspecified atom stereocenters. The zero-order chi connectivity index (χ0) is 23.7. The van der Waals surface area contributed by atoms with E-state index in [1.807, 2.05) is 6.92 Å². The maximum Gasteiger partial charge on any atom is 0.238 e. The monoisotopic (exact) mass is 498 g/mol. The number of nitrogen functional groups attached to an aromatic ring is 1. The molecule has 0 saturated carbocycles. The minimum atomic E-state index is -1.92. The fraction of sp³-hybridized carbons (Fsp3) is 0.476. The number of nitrogens with zero attached hydrogens (tertiary/aromatic N) is 3. The Balaban J connectivity index is 1.78. The van der Waals surface area contributed by atoms with Gasteiger partial charge in [-0.05, 0) is 31.1 Å². The van der Waals surface area contributed by atoms with Gasteiger partial charge in [0, 0.05) is 11.3 Å². The maximum atomic E-state index is 14.0. The molecule has 0 bridgehead atoms. The van der Waals surface area contributed by atoms with E-state index in [1.54, 1.807) is 0 Å². The third-order valence-electron chi connectivity index (χ3n) is 5.41. The van der Waals surface area contributed by atoms with Crippen LogP contribution in [0.25, 0.3) is 10.3 Å². The number of thiazole rings is 1. The van der Waals surface area contributed by atoms with Gasteiger partial charge in [-0.2, -0.15) is 4.98 Å². The summed E-state index contributed by atoms with van der Waals surface area (Å²) in [5, 5.41) is 0.790. The van der Waals surface area contributed by atoms with Gasteiger partial charge in [-0.15, -0.1) is 0 Å². The number of thioether (sulfide) groups is 1. The molecule has 3 rings (SSSR count). The van der Waals surface area contributed by atoms with Crippen molar-refractivity contribution in [3.05, 3.63) is 35.4 Å². The van der Waals surface area contributed by atoms with Crippen molar-refractivity contribution in [2.75, 3.05) is 12.3 Å². The molecule has 6 nitrogen and oxygen atoms in total. The van der Waals surface area contributed by atoms with Gasteiger partial charge in [0.25, 0.3) is 0 Å². The molecule has 0 fully saturated rings. The van der Waals surface area contributed by atoms with Gasteiger partial charge in [0.15, 0.2) is 35.9 Å². The quantitative estimate of drug-likeness (QED) is 0.231. The fourth-order valence-corrected chi connectivity index (χ4v) is 5.11. The highest BCUT2D eigenvalue weighted by Crippen LogP contribution is 2.37. The van der Waals surface area contributed by atoms with E-state index >= 15 is 0 Å². The summed E-state index contributed by atoms with van der Waals surface area (Å²) >= 11 is 2.42. The van der Waals surface area contributed by atoms with Crippen LogP contribution in [0.4, 0.5) is 13.9 Å². The molecule has 2 aromatic heterocycles. The molecule has 0 amide bonds. The molecule has 174 valence electrons. The minimum Gasteiger partial charge on any atom is -0.471 e. The van der Waals surface area contributed by atoms with Gasteiger partial charge in [0.2, 0.25) is 5.88 Å². The molecule has 32 heavy (non-hydrogen) atoms. The third-order valence-corrected chi connectivity index (χ3v) is 11.7. The van der Waals surface area contributed by atoms with E-state index in [-0.39, 0.29) is 22.5 Å². The van der Waals surface area contributed by atoms with E-state index in [9.17, 15) is 8.78 Å². The second-order valence-electron chi connectivity index (χ2n) is 9.02. The molecule has 2 N–H and O–H groups in total. The highest BCUT2D eigenvalue weighted by Gasteiger charge is 2.37. The van der Waals surface area contributed by atoms with Crippen molar-refractivity contribution in [2.24, 2.45) is 0 Å². The Bertz CT molecular complexity index is 1110. The Labute approximate surface area is 196 Å². The maximum absolute atomic E-state index is 14.0. The highest BCUT2D eigenvalue weighted by molar-refractivity contribution is 7.98. The number of hydrogen-bond donors (Lipinski definition) is 1. The van der Waals surface area contributed by atoms with Crippen LogP contribution in [-0.4, -0.2) is 36.0 Å². The number of anilines is 1. The average Bonchev–Trinajstić information content (AvgIpc) is 3.07. The van der Waals surface area contributed by atoms with Gasteiger partial charge in [-0.3, -0.25) is 0 Å². The van der Waals surface area contributed by atoms with Crippen LogP contribution in [0.2, 0.25) is 18.1 Å². The first-order chi connectivity index (χ1) is 14.9. The Hall–Kier alpha value is -1.82. The molecule has 0 radical (unpaired) electrons. The Morgan fingerprint density at radius 3 is 2.59 bits per heavy atom. The predicted octanol–water partition coefficient (Wildman–Crippen LogP) is 6.03. The lowest BCUT2D eigenvalue weighted by Crippen LogP contribution is -2.43. The highest BCUT2D eigenvalue weighted by atomic mass is 32.2. The summed E-state index contributed by atoms with van der Waals surface area (Å²) < 4.78 is 40.5. The van der Waals surface area contributed by atoms with Gasteiger partial charge < -0.3 is 14.9 Å². The molecule has 0 aliphatic heterocycles. The van der Waals surface area contributed by atoms with Crippen LogP contribution in [0.5, 0.6) is 5.88 Å². The van der Waals surface area contributed by atoms with E-state index in [0.717, 1.165) is 6.07 Å². The van der Waals surface area contributed by atoms with Crippen molar-refractivity contribution < 1.29 is 17.9 Å². The second-order valence-corrected chi connectivity index (χ2v) is 15.8. The third kappa shape index (κ3) is 5.75. The first-order valence-corrected chi connectivity index (χ1v) is 14.9. The molecule has 0 spiro atoms. The normalized spacial score (nSPS) is 13.5. The van der Waals surface area contributed by atoms with Crippen molar-refractivity contribution in [1.29, 1.82) is 0 Å². The summed E-state index contributed by atoms with van der Waals surface area (Å²) in [6.45, 7) is 13.3. The number of ether oxygens (including phenoxy) is 1. The van der Waals surface area contributed by atoms with Crippen LogP contribution < -0.4 is 10.5 Å². The number of rotatable bonds is 8. The van der Waals surface area contributed by atoms with Gasteiger partial charge in [-0.25, -0.2) is 18.7 Å². The molecule has 1 aromatic carbocycles. The summed E-state index contributed by atoms with van der Waals surface area (Å²) in [6.07, 6.45) is -0.260. The average molecular weight is 499 g/mol. The zero-order valence-corrected chi connectivity index (χ0v) is 21.7. The largest absolute Gasteiger partial charge is 0.471 e. The van der Waals surface area contributed by atoms with Gasteiger partial charge in [0.05, 0.1) is 6.61 Å².